The number of benzene rings is 2. The van der Waals surface area contributed by atoms with Crippen LogP contribution in [0.2, 0.25) is 0 Å². The van der Waals surface area contributed by atoms with Crippen molar-refractivity contribution in [3.05, 3.63) is 36.2 Å². The first-order valence-electron chi connectivity index (χ1n) is 8.16. The molecule has 0 aliphatic heterocycles. The van der Waals surface area contributed by atoms with Crippen molar-refractivity contribution < 1.29 is 24.1 Å². The fourth-order valence-corrected chi connectivity index (χ4v) is 2.82. The summed E-state index contributed by atoms with van der Waals surface area (Å²) >= 11 is 0. The molecule has 0 radical (unpaired) electrons. The van der Waals surface area contributed by atoms with Gasteiger partial charge in [-0.1, -0.05) is 6.07 Å². The normalized spacial score (nSPS) is 10.5. The number of aromatic nitrogens is 2. The van der Waals surface area contributed by atoms with Gasteiger partial charge in [0, 0.05) is 6.54 Å². The number of aromatic hydroxyl groups is 1. The molecule has 0 fully saturated rings. The van der Waals surface area contributed by atoms with E-state index in [9.17, 15) is 5.11 Å². The fraction of sp³-hybridized carbons (Fsp3) is 0.263. The van der Waals surface area contributed by atoms with Gasteiger partial charge in [-0.3, -0.25) is 0 Å². The van der Waals surface area contributed by atoms with Gasteiger partial charge in [0.15, 0.2) is 23.0 Å². The average Bonchev–Trinajstić information content (AvgIpc) is 2.71. The summed E-state index contributed by atoms with van der Waals surface area (Å²) in [6, 6.07) is 6.95. The van der Waals surface area contributed by atoms with E-state index in [2.05, 4.69) is 15.3 Å². The molecular formula is C19H21N3O5. The predicted molar refractivity (Wildman–Crippen MR) is 101 cm³/mol. The van der Waals surface area contributed by atoms with Gasteiger partial charge >= 0.3 is 0 Å². The maximum atomic E-state index is 9.72. The number of fused-ring (bicyclic) bond motifs is 1. The van der Waals surface area contributed by atoms with Crippen LogP contribution in [0.5, 0.6) is 28.7 Å². The Kier molecular flexibility index (Phi) is 5.35. The quantitative estimate of drug-likeness (QED) is 0.654. The minimum atomic E-state index is 0.0929. The highest BCUT2D eigenvalue weighted by atomic mass is 16.5. The van der Waals surface area contributed by atoms with Crippen LogP contribution < -0.4 is 24.3 Å². The zero-order chi connectivity index (χ0) is 19.4. The number of ether oxygens (including phenoxy) is 4. The molecule has 142 valence electrons. The van der Waals surface area contributed by atoms with Crippen LogP contribution in [0.3, 0.4) is 0 Å². The molecular weight excluding hydrogens is 350 g/mol. The molecule has 1 heterocycles. The van der Waals surface area contributed by atoms with E-state index >= 15 is 0 Å². The molecule has 3 aromatic rings. The van der Waals surface area contributed by atoms with Gasteiger partial charge in [0.25, 0.3) is 0 Å². The third-order valence-corrected chi connectivity index (χ3v) is 4.14. The second-order valence-corrected chi connectivity index (χ2v) is 5.62. The first kappa shape index (κ1) is 18.4. The van der Waals surface area contributed by atoms with Crippen LogP contribution in [0.15, 0.2) is 30.6 Å². The van der Waals surface area contributed by atoms with E-state index in [1.54, 1.807) is 45.6 Å². The second-order valence-electron chi connectivity index (χ2n) is 5.62. The molecule has 0 saturated heterocycles. The molecule has 8 heteroatoms. The van der Waals surface area contributed by atoms with Gasteiger partial charge < -0.3 is 29.4 Å². The number of phenols is 1. The lowest BCUT2D eigenvalue weighted by Gasteiger charge is -2.16. The molecule has 0 aliphatic rings. The van der Waals surface area contributed by atoms with Gasteiger partial charge in [-0.05, 0) is 23.8 Å². The van der Waals surface area contributed by atoms with E-state index in [-0.39, 0.29) is 5.75 Å². The third-order valence-electron chi connectivity index (χ3n) is 4.14. The molecule has 1 aromatic heterocycles. The Labute approximate surface area is 156 Å². The van der Waals surface area contributed by atoms with Gasteiger partial charge in [-0.2, -0.15) is 0 Å². The summed E-state index contributed by atoms with van der Waals surface area (Å²) in [7, 11) is 6.16. The first-order valence-corrected chi connectivity index (χ1v) is 8.16. The van der Waals surface area contributed by atoms with Crippen LogP contribution in [-0.4, -0.2) is 43.5 Å². The van der Waals surface area contributed by atoms with Crippen molar-refractivity contribution in [3.8, 4) is 28.7 Å². The van der Waals surface area contributed by atoms with Crippen LogP contribution in [0.4, 0.5) is 5.82 Å². The number of phenolic OH excluding ortho intramolecular Hbond substituents is 1. The van der Waals surface area contributed by atoms with Crippen LogP contribution in [0, 0.1) is 0 Å². The Balaban J connectivity index is 2.00. The van der Waals surface area contributed by atoms with Gasteiger partial charge in [0.2, 0.25) is 5.75 Å². The molecule has 0 saturated carbocycles. The molecule has 0 aliphatic carbocycles. The van der Waals surface area contributed by atoms with Crippen molar-refractivity contribution in [3.63, 3.8) is 0 Å². The van der Waals surface area contributed by atoms with E-state index in [4.69, 9.17) is 18.9 Å². The topological polar surface area (TPSA) is 95.0 Å². The minimum Gasteiger partial charge on any atom is -0.504 e. The maximum absolute atomic E-state index is 9.72. The lowest BCUT2D eigenvalue weighted by Crippen LogP contribution is -2.04. The van der Waals surface area contributed by atoms with Gasteiger partial charge in [0.1, 0.15) is 17.7 Å². The van der Waals surface area contributed by atoms with Gasteiger partial charge in [-0.15, -0.1) is 0 Å². The summed E-state index contributed by atoms with van der Waals surface area (Å²) in [4.78, 5) is 8.66. The minimum absolute atomic E-state index is 0.0929. The van der Waals surface area contributed by atoms with Gasteiger partial charge in [0.05, 0.1) is 33.8 Å². The summed E-state index contributed by atoms with van der Waals surface area (Å²) in [5, 5.41) is 13.7. The van der Waals surface area contributed by atoms with E-state index < -0.39 is 0 Å². The highest BCUT2D eigenvalue weighted by molar-refractivity contribution is 5.96. The first-order chi connectivity index (χ1) is 13.1. The van der Waals surface area contributed by atoms with Crippen LogP contribution in [-0.2, 0) is 6.54 Å². The van der Waals surface area contributed by atoms with Crippen molar-refractivity contribution in [2.24, 2.45) is 0 Å². The zero-order valence-corrected chi connectivity index (χ0v) is 15.6. The molecule has 2 N–H and O–H groups in total. The van der Waals surface area contributed by atoms with Crippen molar-refractivity contribution in [1.82, 2.24) is 9.97 Å². The Morgan fingerprint density at radius 1 is 0.889 bits per heavy atom. The summed E-state index contributed by atoms with van der Waals surface area (Å²) in [5.41, 5.74) is 1.53. The molecule has 3 rings (SSSR count). The molecule has 0 spiro atoms. The zero-order valence-electron chi connectivity index (χ0n) is 15.6. The van der Waals surface area contributed by atoms with E-state index in [0.717, 1.165) is 10.9 Å². The predicted octanol–water partition coefficient (Wildman–Crippen LogP) is 2.98. The highest BCUT2D eigenvalue weighted by Gasteiger charge is 2.19. The molecule has 0 atom stereocenters. The number of hydrogen-bond donors (Lipinski definition) is 2. The highest BCUT2D eigenvalue weighted by Crippen LogP contribution is 2.43. The SMILES string of the molecule is COc1cc(CNc2ncnc3c(OC)c(OC)c(OC)cc23)ccc1O. The van der Waals surface area contributed by atoms with Crippen LogP contribution >= 0.6 is 0 Å². The Bertz CT molecular complexity index is 962. The monoisotopic (exact) mass is 371 g/mol. The smallest absolute Gasteiger partial charge is 0.205 e. The lowest BCUT2D eigenvalue weighted by atomic mass is 10.1. The van der Waals surface area contributed by atoms with Gasteiger partial charge in [-0.25, -0.2) is 9.97 Å². The summed E-state index contributed by atoms with van der Waals surface area (Å²) in [6.07, 6.45) is 1.45. The molecule has 0 unspecified atom stereocenters. The number of rotatable bonds is 7. The Morgan fingerprint density at radius 2 is 1.63 bits per heavy atom. The summed E-state index contributed by atoms with van der Waals surface area (Å²) in [6.45, 7) is 0.472. The Hall–Kier alpha value is -3.42. The van der Waals surface area contributed by atoms with E-state index in [1.807, 2.05) is 0 Å². The number of hydrogen-bond acceptors (Lipinski definition) is 8. The van der Waals surface area contributed by atoms with Crippen molar-refractivity contribution >= 4 is 16.7 Å². The molecule has 0 amide bonds. The van der Waals surface area contributed by atoms with Crippen molar-refractivity contribution in [2.45, 2.75) is 6.54 Å². The number of nitrogens with zero attached hydrogens (tertiary/aromatic N) is 2. The fourth-order valence-electron chi connectivity index (χ4n) is 2.82. The standard InChI is InChI=1S/C19H21N3O5/c1-24-14-7-11(5-6-13(14)23)9-20-19-12-8-15(25-2)17(26-3)18(27-4)16(12)21-10-22-19/h5-8,10,23H,9H2,1-4H3,(H,20,21,22). The molecule has 0 bridgehead atoms. The van der Waals surface area contributed by atoms with Crippen molar-refractivity contribution in [1.29, 1.82) is 0 Å². The maximum Gasteiger partial charge on any atom is 0.205 e. The molecule has 8 nitrogen and oxygen atoms in total. The number of methoxy groups -OCH3 is 4. The molecule has 27 heavy (non-hydrogen) atoms. The third kappa shape index (κ3) is 3.46. The van der Waals surface area contributed by atoms with E-state index in [1.165, 1.54) is 13.4 Å². The second kappa shape index (κ2) is 7.86. The summed E-state index contributed by atoms with van der Waals surface area (Å²) in [5.74, 6) is 2.59. The molecule has 2 aromatic carbocycles. The number of anilines is 1. The van der Waals surface area contributed by atoms with Crippen molar-refractivity contribution in [2.75, 3.05) is 33.8 Å². The lowest BCUT2D eigenvalue weighted by molar-refractivity contribution is 0.327. The average molecular weight is 371 g/mol. The number of nitrogens with one attached hydrogen (secondary N) is 1. The van der Waals surface area contributed by atoms with E-state index in [0.29, 0.717) is 40.9 Å². The largest absolute Gasteiger partial charge is 0.504 e. The van der Waals surface area contributed by atoms with Crippen LogP contribution in [0.25, 0.3) is 10.9 Å². The Morgan fingerprint density at radius 3 is 2.30 bits per heavy atom. The van der Waals surface area contributed by atoms with Crippen LogP contribution in [0.1, 0.15) is 5.56 Å². The summed E-state index contributed by atoms with van der Waals surface area (Å²) < 4.78 is 21.4.